The highest BCUT2D eigenvalue weighted by atomic mass is 19.1. The van der Waals surface area contributed by atoms with Gasteiger partial charge in [0.15, 0.2) is 0 Å². The average Bonchev–Trinajstić information content (AvgIpc) is 3.51. The molecule has 1 fully saturated rings. The molecule has 1 heterocycles. The van der Waals surface area contributed by atoms with Crippen LogP contribution in [0, 0.1) is 0 Å². The summed E-state index contributed by atoms with van der Waals surface area (Å²) in [6.07, 6.45) is -0.742. The van der Waals surface area contributed by atoms with E-state index in [0.29, 0.717) is 23.2 Å². The summed E-state index contributed by atoms with van der Waals surface area (Å²) in [4.78, 5) is 31.1. The lowest BCUT2D eigenvalue weighted by molar-refractivity contribution is -0.141. The Balaban J connectivity index is 1.58. The molecule has 1 aliphatic heterocycles. The Kier molecular flexibility index (Phi) is 5.29. The van der Waals surface area contributed by atoms with Gasteiger partial charge in [0.25, 0.3) is 5.91 Å². The highest BCUT2D eigenvalue weighted by molar-refractivity contribution is 6.14. The van der Waals surface area contributed by atoms with Crippen LogP contribution in [0.2, 0.25) is 0 Å². The second-order valence-electron chi connectivity index (χ2n) is 8.49. The molecule has 3 aromatic rings. The van der Waals surface area contributed by atoms with Gasteiger partial charge in [-0.2, -0.15) is 0 Å². The lowest BCUT2D eigenvalue weighted by Gasteiger charge is -2.34. The van der Waals surface area contributed by atoms with E-state index in [4.69, 9.17) is 9.73 Å². The van der Waals surface area contributed by atoms with E-state index >= 15 is 0 Å². The Hall–Kier alpha value is -3.80. The van der Waals surface area contributed by atoms with E-state index in [1.807, 2.05) is 66.7 Å². The van der Waals surface area contributed by atoms with Gasteiger partial charge < -0.3 is 9.64 Å². The van der Waals surface area contributed by atoms with Crippen molar-refractivity contribution in [2.24, 2.45) is 4.99 Å². The van der Waals surface area contributed by atoms with Gasteiger partial charge in [-0.15, -0.1) is 0 Å². The molecule has 0 unspecified atom stereocenters. The number of methoxy groups -OCH3 is 1. The molecule has 0 radical (unpaired) electrons. The fraction of sp³-hybridized carbons (Fsp3) is 0.222. The molecular formula is C27H23FN2O3. The number of carbonyl (C=O) groups excluding carboxylic acids is 2. The van der Waals surface area contributed by atoms with Crippen LogP contribution in [0.5, 0.6) is 0 Å². The summed E-state index contributed by atoms with van der Waals surface area (Å²) in [7, 11) is 1.27. The van der Waals surface area contributed by atoms with Gasteiger partial charge in [0, 0.05) is 28.7 Å². The third-order valence-electron chi connectivity index (χ3n) is 6.40. The van der Waals surface area contributed by atoms with Crippen LogP contribution < -0.4 is 0 Å². The molecule has 2 aliphatic rings. The van der Waals surface area contributed by atoms with Crippen LogP contribution in [0.25, 0.3) is 0 Å². The Morgan fingerprint density at radius 1 is 1.06 bits per heavy atom. The first-order valence-electron chi connectivity index (χ1n) is 10.9. The van der Waals surface area contributed by atoms with E-state index in [1.54, 1.807) is 12.1 Å². The van der Waals surface area contributed by atoms with Gasteiger partial charge in [0.05, 0.1) is 18.5 Å². The summed E-state index contributed by atoms with van der Waals surface area (Å²) in [5, 5.41) is 0. The van der Waals surface area contributed by atoms with Crippen molar-refractivity contribution in [3.8, 4) is 0 Å². The molecule has 1 saturated carbocycles. The molecule has 33 heavy (non-hydrogen) atoms. The maximum absolute atomic E-state index is 14.7. The maximum atomic E-state index is 14.7. The number of amides is 1. The molecule has 5 nitrogen and oxygen atoms in total. The number of benzene rings is 3. The highest BCUT2D eigenvalue weighted by Gasteiger charge is 2.61. The van der Waals surface area contributed by atoms with Crippen LogP contribution in [0.15, 0.2) is 83.9 Å². The van der Waals surface area contributed by atoms with Crippen molar-refractivity contribution >= 4 is 23.3 Å². The first-order chi connectivity index (χ1) is 16.0. The molecule has 3 aromatic carbocycles. The molecule has 0 aromatic heterocycles. The lowest BCUT2D eigenvalue weighted by Crippen LogP contribution is -2.46. The zero-order valence-corrected chi connectivity index (χ0v) is 18.2. The number of ether oxygens (including phenoxy) is 1. The van der Waals surface area contributed by atoms with Gasteiger partial charge in [-0.05, 0) is 30.2 Å². The number of carbonyl (C=O) groups is 2. The van der Waals surface area contributed by atoms with Crippen molar-refractivity contribution in [1.29, 1.82) is 0 Å². The van der Waals surface area contributed by atoms with Crippen LogP contribution in [0.3, 0.4) is 0 Å². The second kappa shape index (κ2) is 8.28. The van der Waals surface area contributed by atoms with Crippen molar-refractivity contribution in [1.82, 2.24) is 4.90 Å². The van der Waals surface area contributed by atoms with Crippen LogP contribution in [0.4, 0.5) is 10.1 Å². The van der Waals surface area contributed by atoms with Crippen molar-refractivity contribution in [2.75, 3.05) is 20.2 Å². The SMILES string of the molecule is COC(=O)CN1C[C@@]2(C[C@@H]2F)c2cc(N=C(c3ccccc3)c3ccccc3)ccc2C1=O. The van der Waals surface area contributed by atoms with Gasteiger partial charge >= 0.3 is 5.97 Å². The van der Waals surface area contributed by atoms with Crippen molar-refractivity contribution in [2.45, 2.75) is 18.0 Å². The number of fused-ring (bicyclic) bond motifs is 2. The largest absolute Gasteiger partial charge is 0.468 e. The fourth-order valence-electron chi connectivity index (χ4n) is 4.54. The van der Waals surface area contributed by atoms with Gasteiger partial charge in [-0.1, -0.05) is 60.7 Å². The third-order valence-corrected chi connectivity index (χ3v) is 6.40. The first-order valence-corrected chi connectivity index (χ1v) is 10.9. The molecular weight excluding hydrogens is 419 g/mol. The number of hydrogen-bond acceptors (Lipinski definition) is 4. The minimum Gasteiger partial charge on any atom is -0.468 e. The molecule has 5 rings (SSSR count). The summed E-state index contributed by atoms with van der Waals surface area (Å²) < 4.78 is 19.4. The van der Waals surface area contributed by atoms with Gasteiger partial charge in [-0.3, -0.25) is 9.59 Å². The topological polar surface area (TPSA) is 59.0 Å². The molecule has 166 valence electrons. The monoisotopic (exact) mass is 442 g/mol. The van der Waals surface area contributed by atoms with E-state index in [1.165, 1.54) is 12.0 Å². The number of aliphatic imine (C=N–C) groups is 1. The van der Waals surface area contributed by atoms with Crippen molar-refractivity contribution < 1.29 is 18.7 Å². The standard InChI is InChI=1S/C27H23FN2O3/c1-33-24(31)16-30-17-27(15-23(27)28)22-14-20(12-13-21(22)26(30)32)29-25(18-8-4-2-5-9-18)19-10-6-3-7-11-19/h2-14,23H,15-17H2,1H3/t23-,27-/m0/s1. The second-order valence-corrected chi connectivity index (χ2v) is 8.49. The number of rotatable bonds is 5. The molecule has 0 bridgehead atoms. The molecule has 6 heteroatoms. The number of halogens is 1. The number of esters is 1. The van der Waals surface area contributed by atoms with E-state index in [9.17, 15) is 14.0 Å². The van der Waals surface area contributed by atoms with Gasteiger partial charge in [0.1, 0.15) is 12.7 Å². The van der Waals surface area contributed by atoms with E-state index < -0.39 is 17.6 Å². The fourth-order valence-corrected chi connectivity index (χ4v) is 4.54. The summed E-state index contributed by atoms with van der Waals surface area (Å²) in [6, 6.07) is 25.0. The van der Waals surface area contributed by atoms with Gasteiger partial charge in [-0.25, -0.2) is 9.38 Å². The maximum Gasteiger partial charge on any atom is 0.325 e. The van der Waals surface area contributed by atoms with Crippen molar-refractivity contribution in [3.63, 3.8) is 0 Å². The van der Waals surface area contributed by atoms with Gasteiger partial charge in [0.2, 0.25) is 0 Å². The molecule has 1 amide bonds. The Morgan fingerprint density at radius 3 is 2.21 bits per heavy atom. The number of alkyl halides is 1. The molecule has 1 aliphatic carbocycles. The van der Waals surface area contributed by atoms with Crippen LogP contribution in [-0.2, 0) is 14.9 Å². The molecule has 0 saturated heterocycles. The summed E-state index contributed by atoms with van der Waals surface area (Å²) in [5.41, 5.74) is 3.68. The quantitative estimate of drug-likeness (QED) is 0.433. The predicted molar refractivity (Wildman–Crippen MR) is 124 cm³/mol. The van der Waals surface area contributed by atoms with Crippen LogP contribution in [-0.4, -0.2) is 48.9 Å². The minimum atomic E-state index is -1.06. The van der Waals surface area contributed by atoms with Crippen molar-refractivity contribution in [3.05, 3.63) is 101 Å². The zero-order chi connectivity index (χ0) is 23.0. The Morgan fingerprint density at radius 2 is 1.67 bits per heavy atom. The number of nitrogens with zero attached hydrogens (tertiary/aromatic N) is 2. The molecule has 2 atom stereocenters. The van der Waals surface area contributed by atoms with E-state index in [2.05, 4.69) is 0 Å². The molecule has 1 spiro atoms. The normalized spacial score (nSPS) is 20.8. The smallest absolute Gasteiger partial charge is 0.325 e. The van der Waals surface area contributed by atoms with Crippen LogP contribution in [0.1, 0.15) is 33.5 Å². The summed E-state index contributed by atoms with van der Waals surface area (Å²) in [5.74, 6) is -0.809. The predicted octanol–water partition coefficient (Wildman–Crippen LogP) is 4.46. The minimum absolute atomic E-state index is 0.159. The van der Waals surface area contributed by atoms with E-state index in [-0.39, 0.29) is 19.0 Å². The van der Waals surface area contributed by atoms with Crippen LogP contribution >= 0.6 is 0 Å². The average molecular weight is 442 g/mol. The highest BCUT2D eigenvalue weighted by Crippen LogP contribution is 2.55. The number of hydrogen-bond donors (Lipinski definition) is 0. The summed E-state index contributed by atoms with van der Waals surface area (Å²) >= 11 is 0. The summed E-state index contributed by atoms with van der Waals surface area (Å²) in [6.45, 7) is -0.0260. The zero-order valence-electron chi connectivity index (χ0n) is 18.2. The Bertz CT molecular complexity index is 1200. The lowest BCUT2D eigenvalue weighted by atomic mass is 9.85. The first kappa shape index (κ1) is 21.1. The molecule has 0 N–H and O–H groups in total. The Labute approximate surface area is 191 Å². The third kappa shape index (κ3) is 3.82. The van der Waals surface area contributed by atoms with E-state index in [0.717, 1.165) is 16.8 Å².